The lowest BCUT2D eigenvalue weighted by molar-refractivity contribution is 0.0916. The standard InChI is InChI=1S/C13H19N3O3S/c1-3-15-11-4-6-14-8-10(11)12(17)16-13(2)5-7-20(18,19)9-13/h4,6,8H,3,5,7,9H2,1-2H3,(H,14,15)(H,16,17). The Morgan fingerprint density at radius 3 is 2.85 bits per heavy atom. The summed E-state index contributed by atoms with van der Waals surface area (Å²) in [7, 11) is -3.05. The molecule has 1 fully saturated rings. The van der Waals surface area contributed by atoms with Crippen LogP contribution in [0.25, 0.3) is 0 Å². The number of carbonyl (C=O) groups is 1. The molecule has 1 aromatic heterocycles. The molecule has 1 unspecified atom stereocenters. The van der Waals surface area contributed by atoms with Crippen molar-refractivity contribution in [3.05, 3.63) is 24.0 Å². The van der Waals surface area contributed by atoms with E-state index in [9.17, 15) is 13.2 Å². The highest BCUT2D eigenvalue weighted by Gasteiger charge is 2.39. The molecule has 1 aliphatic rings. The first kappa shape index (κ1) is 14.8. The molecule has 2 rings (SSSR count). The molecule has 0 aromatic carbocycles. The summed E-state index contributed by atoms with van der Waals surface area (Å²) >= 11 is 0. The summed E-state index contributed by atoms with van der Waals surface area (Å²) in [6, 6.07) is 1.73. The zero-order valence-electron chi connectivity index (χ0n) is 11.6. The Morgan fingerprint density at radius 2 is 2.25 bits per heavy atom. The Morgan fingerprint density at radius 1 is 1.50 bits per heavy atom. The van der Waals surface area contributed by atoms with Gasteiger partial charge in [0.25, 0.3) is 5.91 Å². The first-order valence-corrected chi connectivity index (χ1v) is 8.38. The molecule has 0 radical (unpaired) electrons. The van der Waals surface area contributed by atoms with Crippen LogP contribution < -0.4 is 10.6 Å². The third-order valence-corrected chi connectivity index (χ3v) is 5.25. The van der Waals surface area contributed by atoms with E-state index in [4.69, 9.17) is 0 Å². The zero-order valence-corrected chi connectivity index (χ0v) is 12.5. The predicted octanol–water partition coefficient (Wildman–Crippen LogP) is 0.820. The van der Waals surface area contributed by atoms with Gasteiger partial charge in [-0.2, -0.15) is 0 Å². The minimum Gasteiger partial charge on any atom is -0.385 e. The highest BCUT2D eigenvalue weighted by atomic mass is 32.2. The Balaban J connectivity index is 2.17. The Bertz CT molecular complexity index is 615. The molecule has 110 valence electrons. The summed E-state index contributed by atoms with van der Waals surface area (Å²) in [5.41, 5.74) is 0.430. The molecule has 20 heavy (non-hydrogen) atoms. The topological polar surface area (TPSA) is 88.2 Å². The van der Waals surface area contributed by atoms with E-state index in [0.29, 0.717) is 24.2 Å². The summed E-state index contributed by atoms with van der Waals surface area (Å²) in [6.07, 6.45) is 3.54. The van der Waals surface area contributed by atoms with Crippen molar-refractivity contribution in [2.24, 2.45) is 0 Å². The van der Waals surface area contributed by atoms with Gasteiger partial charge >= 0.3 is 0 Å². The van der Waals surface area contributed by atoms with Crippen LogP contribution in [0.5, 0.6) is 0 Å². The lowest BCUT2D eigenvalue weighted by Crippen LogP contribution is -2.47. The fourth-order valence-electron chi connectivity index (χ4n) is 2.37. The molecule has 2 N–H and O–H groups in total. The zero-order chi connectivity index (χ0) is 14.8. The monoisotopic (exact) mass is 297 g/mol. The summed E-state index contributed by atoms with van der Waals surface area (Å²) in [5.74, 6) is -0.187. The van der Waals surface area contributed by atoms with Gasteiger partial charge in [0.2, 0.25) is 0 Å². The first-order chi connectivity index (χ1) is 9.35. The Hall–Kier alpha value is -1.63. The predicted molar refractivity (Wildman–Crippen MR) is 77.5 cm³/mol. The van der Waals surface area contributed by atoms with Crippen molar-refractivity contribution in [1.29, 1.82) is 0 Å². The number of nitrogens with zero attached hydrogens (tertiary/aromatic N) is 1. The normalized spacial score (nSPS) is 24.3. The van der Waals surface area contributed by atoms with E-state index < -0.39 is 15.4 Å². The molecule has 0 saturated carbocycles. The molecule has 1 amide bonds. The maximum atomic E-state index is 12.3. The van der Waals surface area contributed by atoms with E-state index >= 15 is 0 Å². The number of anilines is 1. The molecule has 1 aliphatic heterocycles. The SMILES string of the molecule is CCNc1ccncc1C(=O)NC1(C)CCS(=O)(=O)C1. The molecule has 0 spiro atoms. The highest BCUT2D eigenvalue weighted by Crippen LogP contribution is 2.24. The fourth-order valence-corrected chi connectivity index (χ4v) is 4.46. The average Bonchev–Trinajstić information content (AvgIpc) is 2.64. The smallest absolute Gasteiger partial charge is 0.255 e. The maximum Gasteiger partial charge on any atom is 0.255 e. The minimum absolute atomic E-state index is 0.0114. The molecule has 7 heteroatoms. The average molecular weight is 297 g/mol. The number of hydrogen-bond donors (Lipinski definition) is 2. The largest absolute Gasteiger partial charge is 0.385 e. The van der Waals surface area contributed by atoms with Gasteiger partial charge in [0.1, 0.15) is 0 Å². The van der Waals surface area contributed by atoms with E-state index in [1.165, 1.54) is 6.20 Å². The number of aromatic nitrogens is 1. The molecule has 1 aromatic rings. The lowest BCUT2D eigenvalue weighted by atomic mass is 10.0. The van der Waals surface area contributed by atoms with Gasteiger partial charge < -0.3 is 10.6 Å². The third kappa shape index (κ3) is 3.27. The van der Waals surface area contributed by atoms with Gasteiger partial charge in [-0.05, 0) is 26.3 Å². The Labute approximate surface area is 118 Å². The van der Waals surface area contributed by atoms with Crippen LogP contribution in [0.4, 0.5) is 5.69 Å². The second-order valence-electron chi connectivity index (χ2n) is 5.31. The number of rotatable bonds is 4. The number of carbonyl (C=O) groups excluding carboxylic acids is 1. The van der Waals surface area contributed by atoms with Gasteiger partial charge in [0.15, 0.2) is 9.84 Å². The summed E-state index contributed by atoms with van der Waals surface area (Å²) < 4.78 is 23.1. The van der Waals surface area contributed by atoms with Gasteiger partial charge in [0.05, 0.1) is 28.3 Å². The highest BCUT2D eigenvalue weighted by molar-refractivity contribution is 7.91. The number of sulfone groups is 1. The Kier molecular flexibility index (Phi) is 3.99. The van der Waals surface area contributed by atoms with E-state index in [2.05, 4.69) is 15.6 Å². The molecular formula is C13H19N3O3S. The molecule has 0 aliphatic carbocycles. The molecule has 2 heterocycles. The molecule has 1 saturated heterocycles. The van der Waals surface area contributed by atoms with Crippen molar-refractivity contribution in [2.75, 3.05) is 23.4 Å². The molecule has 0 bridgehead atoms. The van der Waals surface area contributed by atoms with E-state index in [0.717, 1.165) is 0 Å². The number of pyridine rings is 1. The summed E-state index contributed by atoms with van der Waals surface area (Å²) in [5, 5.41) is 5.92. The van der Waals surface area contributed by atoms with E-state index in [1.54, 1.807) is 19.2 Å². The van der Waals surface area contributed by atoms with Crippen LogP contribution in [0.2, 0.25) is 0 Å². The number of nitrogens with one attached hydrogen (secondary N) is 2. The van der Waals surface area contributed by atoms with Crippen molar-refractivity contribution in [1.82, 2.24) is 10.3 Å². The minimum atomic E-state index is -3.05. The quantitative estimate of drug-likeness (QED) is 0.859. The van der Waals surface area contributed by atoms with Crippen LogP contribution in [0.1, 0.15) is 30.6 Å². The molecule has 1 atom stereocenters. The maximum absolute atomic E-state index is 12.3. The van der Waals surface area contributed by atoms with Crippen LogP contribution in [-0.2, 0) is 9.84 Å². The number of amides is 1. The van der Waals surface area contributed by atoms with Crippen molar-refractivity contribution >= 4 is 21.4 Å². The van der Waals surface area contributed by atoms with Crippen molar-refractivity contribution < 1.29 is 13.2 Å². The third-order valence-electron chi connectivity index (χ3n) is 3.35. The molecule has 6 nitrogen and oxygen atoms in total. The van der Waals surface area contributed by atoms with Crippen molar-refractivity contribution in [2.45, 2.75) is 25.8 Å². The fraction of sp³-hybridized carbons (Fsp3) is 0.538. The van der Waals surface area contributed by atoms with Crippen LogP contribution >= 0.6 is 0 Å². The van der Waals surface area contributed by atoms with Crippen molar-refractivity contribution in [3.63, 3.8) is 0 Å². The van der Waals surface area contributed by atoms with Gasteiger partial charge in [-0.25, -0.2) is 8.42 Å². The van der Waals surface area contributed by atoms with Crippen LogP contribution in [0, 0.1) is 0 Å². The van der Waals surface area contributed by atoms with Gasteiger partial charge in [-0.1, -0.05) is 0 Å². The van der Waals surface area contributed by atoms with Gasteiger partial charge in [0, 0.05) is 18.9 Å². The van der Waals surface area contributed by atoms with Crippen LogP contribution in [0.3, 0.4) is 0 Å². The van der Waals surface area contributed by atoms with Crippen LogP contribution in [-0.4, -0.2) is 42.9 Å². The summed E-state index contributed by atoms with van der Waals surface area (Å²) in [4.78, 5) is 16.3. The number of hydrogen-bond acceptors (Lipinski definition) is 5. The van der Waals surface area contributed by atoms with Crippen molar-refractivity contribution in [3.8, 4) is 0 Å². The van der Waals surface area contributed by atoms with E-state index in [-0.39, 0.29) is 17.4 Å². The first-order valence-electron chi connectivity index (χ1n) is 6.56. The second kappa shape index (κ2) is 5.40. The lowest BCUT2D eigenvalue weighted by Gasteiger charge is -2.24. The molecular weight excluding hydrogens is 278 g/mol. The van der Waals surface area contributed by atoms with Gasteiger partial charge in [-0.3, -0.25) is 9.78 Å². The second-order valence-corrected chi connectivity index (χ2v) is 7.49. The van der Waals surface area contributed by atoms with Crippen LogP contribution in [0.15, 0.2) is 18.5 Å². The van der Waals surface area contributed by atoms with E-state index in [1.807, 2.05) is 6.92 Å². The van der Waals surface area contributed by atoms with Gasteiger partial charge in [-0.15, -0.1) is 0 Å². The summed E-state index contributed by atoms with van der Waals surface area (Å²) in [6.45, 7) is 4.39.